The molecule has 0 bridgehead atoms. The van der Waals surface area contributed by atoms with Gasteiger partial charge in [-0.2, -0.15) is 0 Å². The van der Waals surface area contributed by atoms with Crippen molar-refractivity contribution in [3.8, 4) is 22.8 Å². The lowest BCUT2D eigenvalue weighted by Gasteiger charge is -2.18. The molecule has 8 nitrogen and oxygen atoms in total. The van der Waals surface area contributed by atoms with Crippen molar-refractivity contribution in [2.24, 2.45) is 5.73 Å². The molecule has 0 saturated carbocycles. The molecule has 0 fully saturated rings. The summed E-state index contributed by atoms with van der Waals surface area (Å²) in [5.74, 6) is 0.592. The molecule has 2 aromatic heterocycles. The highest BCUT2D eigenvalue weighted by Crippen LogP contribution is 2.37. The fourth-order valence-electron chi connectivity index (χ4n) is 3.61. The van der Waals surface area contributed by atoms with Crippen LogP contribution in [0.25, 0.3) is 22.2 Å². The van der Waals surface area contributed by atoms with Crippen molar-refractivity contribution >= 4 is 16.9 Å². The number of aromatic nitrogens is 3. The fraction of sp³-hybridized carbons (Fsp3) is 0.381. The minimum absolute atomic E-state index is 0.320. The first-order valence-corrected chi connectivity index (χ1v) is 9.74. The van der Waals surface area contributed by atoms with Crippen LogP contribution >= 0.6 is 0 Å². The molecule has 1 aliphatic rings. The maximum absolute atomic E-state index is 12.2. The topological polar surface area (TPSA) is 106 Å². The Morgan fingerprint density at radius 3 is 3.00 bits per heavy atom. The summed E-state index contributed by atoms with van der Waals surface area (Å²) in [5.41, 5.74) is 10.0. The van der Waals surface area contributed by atoms with E-state index in [9.17, 15) is 4.79 Å². The Balaban J connectivity index is 1.77. The number of rotatable bonds is 7. The molecule has 29 heavy (non-hydrogen) atoms. The Kier molecular flexibility index (Phi) is 5.35. The summed E-state index contributed by atoms with van der Waals surface area (Å²) in [5, 5.41) is 0. The van der Waals surface area contributed by atoms with Crippen LogP contribution in [-0.4, -0.2) is 59.6 Å². The number of nitrogens with zero attached hydrogens (tertiary/aromatic N) is 3. The number of fused-ring (bicyclic) bond motifs is 2. The third-order valence-corrected chi connectivity index (χ3v) is 4.99. The maximum Gasteiger partial charge on any atom is 0.254 e. The number of nitrogens with one attached hydrogen (secondary N) is 1. The van der Waals surface area contributed by atoms with Gasteiger partial charge in [0.2, 0.25) is 5.88 Å². The first-order valence-electron chi connectivity index (χ1n) is 9.74. The molecule has 0 atom stereocenters. The van der Waals surface area contributed by atoms with E-state index in [0.29, 0.717) is 41.4 Å². The number of carbonyl (C=O) groups is 1. The van der Waals surface area contributed by atoms with Gasteiger partial charge in [-0.1, -0.05) is 0 Å². The second-order valence-corrected chi connectivity index (χ2v) is 7.43. The first kappa shape index (κ1) is 19.2. The summed E-state index contributed by atoms with van der Waals surface area (Å²) < 4.78 is 11.6. The maximum atomic E-state index is 12.2. The van der Waals surface area contributed by atoms with Gasteiger partial charge in [0.25, 0.3) is 5.91 Å². The molecular weight excluding hydrogens is 370 g/mol. The fourth-order valence-corrected chi connectivity index (χ4v) is 3.61. The van der Waals surface area contributed by atoms with E-state index in [4.69, 9.17) is 15.2 Å². The van der Waals surface area contributed by atoms with Gasteiger partial charge in [0.1, 0.15) is 11.3 Å². The predicted molar refractivity (Wildman–Crippen MR) is 110 cm³/mol. The number of benzene rings is 1. The quantitative estimate of drug-likeness (QED) is 0.595. The largest absolute Gasteiger partial charge is 0.493 e. The van der Waals surface area contributed by atoms with E-state index in [0.717, 1.165) is 42.5 Å². The summed E-state index contributed by atoms with van der Waals surface area (Å²) in [6, 6.07) is 3.91. The average Bonchev–Trinajstić information content (AvgIpc) is 3.19. The zero-order chi connectivity index (χ0) is 20.4. The number of primary amides is 1. The molecule has 3 aromatic rings. The van der Waals surface area contributed by atoms with Gasteiger partial charge in [-0.15, -0.1) is 0 Å². The van der Waals surface area contributed by atoms with Crippen molar-refractivity contribution in [1.82, 2.24) is 19.9 Å². The van der Waals surface area contributed by atoms with Gasteiger partial charge >= 0.3 is 0 Å². The van der Waals surface area contributed by atoms with Gasteiger partial charge in [-0.3, -0.25) is 4.79 Å². The molecule has 1 aromatic carbocycles. The van der Waals surface area contributed by atoms with Crippen LogP contribution < -0.4 is 15.2 Å². The molecule has 1 amide bonds. The first-order chi connectivity index (χ1) is 14.0. The second kappa shape index (κ2) is 8.08. The number of aryl methyl sites for hydroxylation is 1. The van der Waals surface area contributed by atoms with E-state index in [1.165, 1.54) is 0 Å². The van der Waals surface area contributed by atoms with E-state index in [1.807, 2.05) is 20.2 Å². The van der Waals surface area contributed by atoms with Crippen molar-refractivity contribution in [1.29, 1.82) is 0 Å². The zero-order valence-corrected chi connectivity index (χ0v) is 16.7. The van der Waals surface area contributed by atoms with Crippen LogP contribution in [0, 0.1) is 0 Å². The van der Waals surface area contributed by atoms with Crippen LogP contribution in [0.5, 0.6) is 11.6 Å². The van der Waals surface area contributed by atoms with Crippen LogP contribution in [-0.2, 0) is 6.42 Å². The van der Waals surface area contributed by atoms with Gasteiger partial charge in [0, 0.05) is 29.4 Å². The third kappa shape index (κ3) is 3.88. The number of amides is 1. The second-order valence-electron chi connectivity index (χ2n) is 7.43. The zero-order valence-electron chi connectivity index (χ0n) is 16.7. The smallest absolute Gasteiger partial charge is 0.254 e. The van der Waals surface area contributed by atoms with Crippen LogP contribution in [0.2, 0.25) is 0 Å². The lowest BCUT2D eigenvalue weighted by atomic mass is 9.99. The Morgan fingerprint density at radius 2 is 2.21 bits per heavy atom. The Hall–Kier alpha value is -3.13. The Labute approximate surface area is 169 Å². The van der Waals surface area contributed by atoms with Gasteiger partial charge < -0.3 is 25.1 Å². The summed E-state index contributed by atoms with van der Waals surface area (Å²) in [6.45, 7) is 2.06. The molecule has 4 rings (SSSR count). The molecular formula is C21H25N5O3. The van der Waals surface area contributed by atoms with Crippen molar-refractivity contribution < 1.29 is 14.3 Å². The average molecular weight is 395 g/mol. The SMILES string of the molecule is CN(C)CCCOc1cc(-c2cnc3c(c2)CCCO3)c2nc[nH]c2c1C(N)=O. The Morgan fingerprint density at radius 1 is 1.34 bits per heavy atom. The molecule has 3 heterocycles. The molecule has 0 aliphatic carbocycles. The van der Waals surface area contributed by atoms with E-state index >= 15 is 0 Å². The molecule has 1 aliphatic heterocycles. The third-order valence-electron chi connectivity index (χ3n) is 4.99. The van der Waals surface area contributed by atoms with Crippen LogP contribution in [0.15, 0.2) is 24.7 Å². The number of aromatic amines is 1. The minimum Gasteiger partial charge on any atom is -0.493 e. The molecule has 0 radical (unpaired) electrons. The monoisotopic (exact) mass is 395 g/mol. The highest BCUT2D eigenvalue weighted by Gasteiger charge is 2.22. The number of hydrogen-bond donors (Lipinski definition) is 2. The normalized spacial score (nSPS) is 13.3. The van der Waals surface area contributed by atoms with Crippen molar-refractivity contribution in [3.05, 3.63) is 35.8 Å². The summed E-state index contributed by atoms with van der Waals surface area (Å²) in [6.07, 6.45) is 6.06. The van der Waals surface area contributed by atoms with Gasteiger partial charge in [-0.05, 0) is 45.5 Å². The molecule has 0 spiro atoms. The van der Waals surface area contributed by atoms with Gasteiger partial charge in [-0.25, -0.2) is 9.97 Å². The summed E-state index contributed by atoms with van der Waals surface area (Å²) >= 11 is 0. The molecule has 0 unspecified atom stereocenters. The standard InChI is InChI=1S/C21H25N5O3/c1-26(2)6-4-8-28-16-10-15(18-19(25-12-24-18)17(16)20(22)27)14-9-13-5-3-7-29-21(13)23-11-14/h9-12H,3-8H2,1-2H3,(H2,22,27)(H,24,25). The number of ether oxygens (including phenoxy) is 2. The number of carbonyl (C=O) groups excluding carboxylic acids is 1. The van der Waals surface area contributed by atoms with E-state index < -0.39 is 5.91 Å². The van der Waals surface area contributed by atoms with Crippen LogP contribution in [0.1, 0.15) is 28.8 Å². The van der Waals surface area contributed by atoms with E-state index in [1.54, 1.807) is 12.5 Å². The lowest BCUT2D eigenvalue weighted by molar-refractivity contribution is 0.0997. The minimum atomic E-state index is -0.551. The molecule has 152 valence electrons. The number of H-pyrrole nitrogens is 1. The lowest BCUT2D eigenvalue weighted by Crippen LogP contribution is -2.17. The van der Waals surface area contributed by atoms with Crippen LogP contribution in [0.3, 0.4) is 0 Å². The predicted octanol–water partition coefficient (Wildman–Crippen LogP) is 2.38. The van der Waals surface area contributed by atoms with Crippen molar-refractivity contribution in [3.63, 3.8) is 0 Å². The summed E-state index contributed by atoms with van der Waals surface area (Å²) in [4.78, 5) is 26.2. The molecule has 3 N–H and O–H groups in total. The summed E-state index contributed by atoms with van der Waals surface area (Å²) in [7, 11) is 4.02. The Bertz CT molecular complexity index is 1040. The van der Waals surface area contributed by atoms with Crippen LogP contribution in [0.4, 0.5) is 0 Å². The molecule has 0 saturated heterocycles. The van der Waals surface area contributed by atoms with E-state index in [-0.39, 0.29) is 0 Å². The highest BCUT2D eigenvalue weighted by atomic mass is 16.5. The number of nitrogens with two attached hydrogens (primary N) is 1. The number of pyridine rings is 1. The number of imidazole rings is 1. The highest BCUT2D eigenvalue weighted by molar-refractivity contribution is 6.10. The van der Waals surface area contributed by atoms with E-state index in [2.05, 4.69) is 25.9 Å². The number of hydrogen-bond acceptors (Lipinski definition) is 6. The van der Waals surface area contributed by atoms with Gasteiger partial charge in [0.15, 0.2) is 0 Å². The van der Waals surface area contributed by atoms with Crippen molar-refractivity contribution in [2.45, 2.75) is 19.3 Å². The van der Waals surface area contributed by atoms with Crippen molar-refractivity contribution in [2.75, 3.05) is 33.9 Å². The van der Waals surface area contributed by atoms with Gasteiger partial charge in [0.05, 0.1) is 30.6 Å². The molecule has 8 heteroatoms.